The normalized spacial score (nSPS) is 30.2. The van der Waals surface area contributed by atoms with Crippen LogP contribution in [-0.4, -0.2) is 26.7 Å². The van der Waals surface area contributed by atoms with Crippen molar-refractivity contribution in [2.45, 2.75) is 56.7 Å². The summed E-state index contributed by atoms with van der Waals surface area (Å²) in [6, 6.07) is 2.34. The lowest BCUT2D eigenvalue weighted by Gasteiger charge is -2.23. The molecule has 20 heavy (non-hydrogen) atoms. The molecule has 0 saturated carbocycles. The third-order valence-corrected chi connectivity index (χ3v) is 4.76. The maximum Gasteiger partial charge on any atom is 0.160 e. The number of halogens is 1. The summed E-state index contributed by atoms with van der Waals surface area (Å²) < 4.78 is 8.24. The van der Waals surface area contributed by atoms with E-state index in [1.807, 2.05) is 19.2 Å². The zero-order chi connectivity index (χ0) is 13.9. The molecule has 2 fully saturated rings. The van der Waals surface area contributed by atoms with Gasteiger partial charge in [0.15, 0.2) is 5.65 Å². The molecule has 2 bridgehead atoms. The van der Waals surface area contributed by atoms with Crippen molar-refractivity contribution in [2.75, 3.05) is 0 Å². The van der Waals surface area contributed by atoms with E-state index in [1.165, 1.54) is 6.42 Å². The van der Waals surface area contributed by atoms with Crippen molar-refractivity contribution in [3.05, 3.63) is 23.7 Å². The van der Waals surface area contributed by atoms with Crippen LogP contribution in [0.3, 0.4) is 0 Å². The van der Waals surface area contributed by atoms with Crippen LogP contribution in [0.1, 0.15) is 49.0 Å². The molecule has 2 aliphatic heterocycles. The zero-order valence-corrected chi connectivity index (χ0v) is 12.5. The zero-order valence-electron chi connectivity index (χ0n) is 11.7. The highest BCUT2D eigenvalue weighted by molar-refractivity contribution is 6.20. The van der Waals surface area contributed by atoms with Crippen LogP contribution in [-0.2, 0) is 4.74 Å². The van der Waals surface area contributed by atoms with Crippen LogP contribution in [0.2, 0.25) is 0 Å². The molecule has 4 unspecified atom stereocenters. The summed E-state index contributed by atoms with van der Waals surface area (Å²) in [7, 11) is 0. The number of aromatic nitrogens is 3. The molecular weight excluding hydrogens is 274 g/mol. The molecule has 2 saturated heterocycles. The Kier molecular flexibility index (Phi) is 2.79. The smallest absolute Gasteiger partial charge is 0.160 e. The molecule has 4 atom stereocenters. The minimum Gasteiger partial charge on any atom is -0.373 e. The number of fused-ring (bicyclic) bond motifs is 3. The number of alkyl halides is 1. The summed E-state index contributed by atoms with van der Waals surface area (Å²) in [6.07, 6.45) is 5.94. The van der Waals surface area contributed by atoms with E-state index in [4.69, 9.17) is 21.3 Å². The van der Waals surface area contributed by atoms with Crippen molar-refractivity contribution in [3.8, 4) is 0 Å². The monoisotopic (exact) mass is 291 g/mol. The first-order valence-corrected chi connectivity index (χ1v) is 7.71. The quantitative estimate of drug-likeness (QED) is 0.795. The van der Waals surface area contributed by atoms with Gasteiger partial charge in [-0.3, -0.25) is 0 Å². The summed E-state index contributed by atoms with van der Waals surface area (Å²) in [5, 5.41) is -0.122. The van der Waals surface area contributed by atoms with Crippen molar-refractivity contribution in [3.63, 3.8) is 0 Å². The van der Waals surface area contributed by atoms with E-state index in [-0.39, 0.29) is 5.38 Å². The van der Waals surface area contributed by atoms with Crippen LogP contribution in [0.15, 0.2) is 12.3 Å². The Morgan fingerprint density at radius 2 is 2.30 bits per heavy atom. The highest BCUT2D eigenvalue weighted by Gasteiger charge is 2.43. The number of hydrogen-bond acceptors (Lipinski definition) is 3. The molecule has 4 rings (SSSR count). The van der Waals surface area contributed by atoms with Gasteiger partial charge in [0, 0.05) is 6.20 Å². The summed E-state index contributed by atoms with van der Waals surface area (Å²) in [5.74, 6) is 0.921. The largest absolute Gasteiger partial charge is 0.373 e. The van der Waals surface area contributed by atoms with E-state index in [2.05, 4.69) is 16.5 Å². The second-order valence-electron chi connectivity index (χ2n) is 5.93. The third kappa shape index (κ3) is 1.71. The van der Waals surface area contributed by atoms with Gasteiger partial charge in [0.05, 0.1) is 23.6 Å². The van der Waals surface area contributed by atoms with E-state index in [0.717, 1.165) is 35.4 Å². The summed E-state index contributed by atoms with van der Waals surface area (Å²) >= 11 is 6.36. The van der Waals surface area contributed by atoms with Crippen LogP contribution in [0.25, 0.3) is 11.2 Å². The number of pyridine rings is 1. The molecule has 0 aromatic carbocycles. The van der Waals surface area contributed by atoms with Crippen LogP contribution < -0.4 is 0 Å². The Morgan fingerprint density at radius 3 is 2.95 bits per heavy atom. The van der Waals surface area contributed by atoms with Crippen molar-refractivity contribution in [1.82, 2.24) is 14.5 Å². The summed E-state index contributed by atoms with van der Waals surface area (Å²) in [5.41, 5.74) is 3.07. The number of nitrogens with zero attached hydrogens (tertiary/aromatic N) is 3. The number of rotatable bonds is 2. The van der Waals surface area contributed by atoms with Crippen molar-refractivity contribution in [2.24, 2.45) is 0 Å². The summed E-state index contributed by atoms with van der Waals surface area (Å²) in [6.45, 7) is 4.05. The molecule has 0 N–H and O–H groups in total. The lowest BCUT2D eigenvalue weighted by atomic mass is 9.95. The first kappa shape index (κ1) is 12.6. The topological polar surface area (TPSA) is 39.9 Å². The van der Waals surface area contributed by atoms with Gasteiger partial charge >= 0.3 is 0 Å². The number of hydrogen-bond donors (Lipinski definition) is 0. The van der Waals surface area contributed by atoms with Crippen LogP contribution >= 0.6 is 11.6 Å². The van der Waals surface area contributed by atoms with Gasteiger partial charge in [-0.05, 0) is 44.7 Å². The van der Waals surface area contributed by atoms with Gasteiger partial charge in [-0.1, -0.05) is 0 Å². The van der Waals surface area contributed by atoms with E-state index < -0.39 is 0 Å². The first-order chi connectivity index (χ1) is 9.65. The Hall–Kier alpha value is -1.13. The summed E-state index contributed by atoms with van der Waals surface area (Å²) in [4.78, 5) is 9.31. The molecule has 2 aromatic heterocycles. The average Bonchev–Trinajstić information content (AvgIpc) is 3.11. The fraction of sp³-hybridized carbons (Fsp3) is 0.600. The maximum absolute atomic E-state index is 6.36. The van der Waals surface area contributed by atoms with E-state index in [9.17, 15) is 0 Å². The van der Waals surface area contributed by atoms with Gasteiger partial charge in [-0.15, -0.1) is 11.6 Å². The predicted octanol–water partition coefficient (Wildman–Crippen LogP) is 3.53. The molecule has 0 radical (unpaired) electrons. The molecule has 0 aliphatic carbocycles. The van der Waals surface area contributed by atoms with E-state index in [1.54, 1.807) is 0 Å². The van der Waals surface area contributed by atoms with Crippen LogP contribution in [0.4, 0.5) is 0 Å². The van der Waals surface area contributed by atoms with Gasteiger partial charge in [-0.2, -0.15) is 0 Å². The Morgan fingerprint density at radius 1 is 1.45 bits per heavy atom. The molecule has 4 heterocycles. The van der Waals surface area contributed by atoms with Crippen LogP contribution in [0.5, 0.6) is 0 Å². The fourth-order valence-electron chi connectivity index (χ4n) is 3.62. The van der Waals surface area contributed by atoms with Crippen molar-refractivity contribution in [1.29, 1.82) is 0 Å². The molecule has 2 aliphatic rings. The van der Waals surface area contributed by atoms with Gasteiger partial charge in [0.1, 0.15) is 11.3 Å². The first-order valence-electron chi connectivity index (χ1n) is 7.28. The number of imidazole rings is 1. The molecule has 0 spiro atoms. The standard InChI is InChI=1S/C15H18ClN3O/c1-8-5-6-17-15-13(8)18-14(9(2)16)19(15)11-7-10-3-4-12(11)20-10/h5-6,9-12H,3-4,7H2,1-2H3. The van der Waals surface area contributed by atoms with Gasteiger partial charge < -0.3 is 9.30 Å². The average molecular weight is 292 g/mol. The fourth-order valence-corrected chi connectivity index (χ4v) is 3.77. The minimum absolute atomic E-state index is 0.122. The van der Waals surface area contributed by atoms with Crippen molar-refractivity contribution >= 4 is 22.8 Å². The Bertz CT molecular complexity index is 666. The van der Waals surface area contributed by atoms with E-state index >= 15 is 0 Å². The molecule has 0 amide bonds. The molecule has 2 aromatic rings. The lowest BCUT2D eigenvalue weighted by molar-refractivity contribution is 0.0939. The maximum atomic E-state index is 6.36. The molecule has 106 valence electrons. The predicted molar refractivity (Wildman–Crippen MR) is 78.1 cm³/mol. The SMILES string of the molecule is Cc1ccnc2c1nc(C(C)Cl)n2C1CC2CCC1O2. The third-order valence-electron chi connectivity index (χ3n) is 4.57. The number of aryl methyl sites for hydroxylation is 1. The van der Waals surface area contributed by atoms with Gasteiger partial charge in [-0.25, -0.2) is 9.97 Å². The van der Waals surface area contributed by atoms with Gasteiger partial charge in [0.2, 0.25) is 0 Å². The highest BCUT2D eigenvalue weighted by atomic mass is 35.5. The number of ether oxygens (including phenoxy) is 1. The highest BCUT2D eigenvalue weighted by Crippen LogP contribution is 2.44. The molecule has 4 nitrogen and oxygen atoms in total. The second-order valence-corrected chi connectivity index (χ2v) is 6.59. The minimum atomic E-state index is -0.122. The molecular formula is C15H18ClN3O. The Balaban J connectivity index is 1.92. The lowest BCUT2D eigenvalue weighted by Crippen LogP contribution is -2.23. The van der Waals surface area contributed by atoms with E-state index in [0.29, 0.717) is 18.2 Å². The van der Waals surface area contributed by atoms with Gasteiger partial charge in [0.25, 0.3) is 0 Å². The van der Waals surface area contributed by atoms with Crippen molar-refractivity contribution < 1.29 is 4.74 Å². The Labute approximate surface area is 123 Å². The molecule has 5 heteroatoms. The second kappa shape index (κ2) is 4.43. The van der Waals surface area contributed by atoms with Crippen LogP contribution in [0, 0.1) is 6.92 Å².